The van der Waals surface area contributed by atoms with E-state index < -0.39 is 0 Å². The number of aryl methyl sites for hydroxylation is 1. The maximum absolute atomic E-state index is 13.9. The second kappa shape index (κ2) is 8.43. The van der Waals surface area contributed by atoms with Gasteiger partial charge < -0.3 is 5.32 Å². The molecule has 0 saturated heterocycles. The summed E-state index contributed by atoms with van der Waals surface area (Å²) in [7, 11) is 0. The molecule has 2 heterocycles. The Labute approximate surface area is 202 Å². The fourth-order valence-electron chi connectivity index (χ4n) is 4.71. The minimum atomic E-state index is -0.324. The third-order valence-corrected chi connectivity index (χ3v) is 7.37. The highest BCUT2D eigenvalue weighted by Crippen LogP contribution is 2.42. The van der Waals surface area contributed by atoms with Crippen molar-refractivity contribution in [2.24, 2.45) is 0 Å². The van der Waals surface area contributed by atoms with Gasteiger partial charge >= 0.3 is 0 Å². The van der Waals surface area contributed by atoms with E-state index in [1.807, 2.05) is 55.6 Å². The fraction of sp³-hybridized carbons (Fsp3) is 0.308. The van der Waals surface area contributed by atoms with Crippen LogP contribution in [0.1, 0.15) is 37.0 Å². The number of carbonyl (C=O) groups excluding carboxylic acids is 1. The van der Waals surface area contributed by atoms with Crippen molar-refractivity contribution in [3.63, 3.8) is 0 Å². The van der Waals surface area contributed by atoms with Crippen LogP contribution in [0.15, 0.2) is 58.5 Å². The van der Waals surface area contributed by atoms with Crippen molar-refractivity contribution in [2.45, 2.75) is 50.7 Å². The second-order valence-corrected chi connectivity index (χ2v) is 9.86. The summed E-state index contributed by atoms with van der Waals surface area (Å²) in [5.41, 5.74) is 4.99. The molecule has 34 heavy (non-hydrogen) atoms. The smallest absolute Gasteiger partial charge is 0.265 e. The maximum Gasteiger partial charge on any atom is 0.265 e. The molecule has 1 amide bonds. The topological polar surface area (TPSA) is 81.3 Å². The van der Waals surface area contributed by atoms with E-state index in [0.717, 1.165) is 29.5 Å². The highest BCUT2D eigenvalue weighted by molar-refractivity contribution is 7.98. The maximum atomic E-state index is 13.9. The number of aromatic nitrogens is 4. The zero-order chi connectivity index (χ0) is 24.0. The monoisotopic (exact) mass is 473 g/mol. The standard InChI is InChI=1S/C26H27N5O2S/c1-5-26(3)14-17-8-6-7-9-19(17)22-21(26)23(33)31-24(28-22)30(29-25(31)34-4)15-20(32)27-18-12-10-16(2)11-13-18/h6-13H,5,14-15H2,1-4H3,(H,27,32)/t26-/m0/s1. The first kappa shape index (κ1) is 22.4. The van der Waals surface area contributed by atoms with Gasteiger partial charge in [-0.25, -0.2) is 14.1 Å². The number of hydrogen-bond acceptors (Lipinski definition) is 5. The Morgan fingerprint density at radius 1 is 1.18 bits per heavy atom. The van der Waals surface area contributed by atoms with Gasteiger partial charge in [0.1, 0.15) is 6.54 Å². The molecule has 0 fully saturated rings. The van der Waals surface area contributed by atoms with E-state index in [0.29, 0.717) is 22.3 Å². The first-order valence-corrected chi connectivity index (χ1v) is 12.6. The molecule has 0 radical (unpaired) electrons. The lowest BCUT2D eigenvalue weighted by molar-refractivity contribution is -0.116. The number of anilines is 1. The first-order valence-electron chi connectivity index (χ1n) is 11.4. The van der Waals surface area contributed by atoms with Crippen molar-refractivity contribution in [3.05, 3.63) is 75.6 Å². The summed E-state index contributed by atoms with van der Waals surface area (Å²) in [5, 5.41) is 8.01. The van der Waals surface area contributed by atoms with E-state index in [1.165, 1.54) is 22.0 Å². The van der Waals surface area contributed by atoms with Gasteiger partial charge in [-0.15, -0.1) is 5.10 Å². The summed E-state index contributed by atoms with van der Waals surface area (Å²) in [4.78, 5) is 31.7. The number of fused-ring (bicyclic) bond motifs is 4. The van der Waals surface area contributed by atoms with Crippen molar-refractivity contribution in [3.8, 4) is 11.3 Å². The molecule has 0 spiro atoms. The molecule has 174 valence electrons. The molecule has 1 atom stereocenters. The molecule has 8 heteroatoms. The van der Waals surface area contributed by atoms with Crippen molar-refractivity contribution in [1.82, 2.24) is 19.2 Å². The van der Waals surface area contributed by atoms with Crippen LogP contribution in [0, 0.1) is 6.92 Å². The minimum absolute atomic E-state index is 0.0458. The summed E-state index contributed by atoms with van der Waals surface area (Å²) in [6.07, 6.45) is 3.48. The summed E-state index contributed by atoms with van der Waals surface area (Å²) >= 11 is 1.37. The average molecular weight is 474 g/mol. The Kier molecular flexibility index (Phi) is 5.56. The molecule has 1 aliphatic rings. The summed E-state index contributed by atoms with van der Waals surface area (Å²) in [6.45, 7) is 6.20. The molecule has 0 aliphatic heterocycles. The van der Waals surface area contributed by atoms with E-state index in [4.69, 9.17) is 4.98 Å². The van der Waals surface area contributed by atoms with E-state index in [-0.39, 0.29) is 23.4 Å². The van der Waals surface area contributed by atoms with Gasteiger partial charge in [0.2, 0.25) is 11.7 Å². The zero-order valence-corrected chi connectivity index (χ0v) is 20.6. The lowest BCUT2D eigenvalue weighted by atomic mass is 9.69. The van der Waals surface area contributed by atoms with E-state index in [9.17, 15) is 9.59 Å². The number of amides is 1. The molecule has 0 bridgehead atoms. The molecule has 0 saturated carbocycles. The SMILES string of the molecule is CC[C@@]1(C)Cc2ccccc2-c2nc3n(CC(=O)Nc4ccc(C)cc4)nc(SC)n3c(=O)c21. The molecule has 4 aromatic rings. The van der Waals surface area contributed by atoms with Crippen molar-refractivity contribution >= 4 is 29.1 Å². The van der Waals surface area contributed by atoms with Gasteiger partial charge in [-0.3, -0.25) is 9.59 Å². The lowest BCUT2D eigenvalue weighted by Crippen LogP contribution is -2.38. The van der Waals surface area contributed by atoms with Crippen LogP contribution < -0.4 is 10.9 Å². The van der Waals surface area contributed by atoms with E-state index >= 15 is 0 Å². The predicted octanol–water partition coefficient (Wildman–Crippen LogP) is 4.45. The van der Waals surface area contributed by atoms with Gasteiger partial charge in [0, 0.05) is 16.7 Å². The fourth-order valence-corrected chi connectivity index (χ4v) is 5.24. The molecule has 5 rings (SSSR count). The van der Waals surface area contributed by atoms with Crippen molar-refractivity contribution in [2.75, 3.05) is 11.6 Å². The largest absolute Gasteiger partial charge is 0.324 e. The van der Waals surface area contributed by atoms with E-state index in [2.05, 4.69) is 30.3 Å². The molecule has 2 aromatic heterocycles. The Hall–Kier alpha value is -3.39. The van der Waals surface area contributed by atoms with Crippen LogP contribution in [0.2, 0.25) is 0 Å². The summed E-state index contributed by atoms with van der Waals surface area (Å²) < 4.78 is 3.09. The van der Waals surface area contributed by atoms with Crippen LogP contribution in [0.5, 0.6) is 0 Å². The molecule has 1 aliphatic carbocycles. The highest BCUT2D eigenvalue weighted by Gasteiger charge is 2.38. The number of hydrogen-bond donors (Lipinski definition) is 1. The normalized spacial score (nSPS) is 16.8. The Morgan fingerprint density at radius 2 is 1.91 bits per heavy atom. The first-order chi connectivity index (χ1) is 16.3. The van der Waals surface area contributed by atoms with Gasteiger partial charge in [0.25, 0.3) is 5.56 Å². The Morgan fingerprint density at radius 3 is 2.62 bits per heavy atom. The van der Waals surface area contributed by atoms with Crippen LogP contribution in [0.3, 0.4) is 0 Å². The number of carbonyl (C=O) groups is 1. The predicted molar refractivity (Wildman–Crippen MR) is 136 cm³/mol. The van der Waals surface area contributed by atoms with E-state index in [1.54, 1.807) is 4.40 Å². The quantitative estimate of drug-likeness (QED) is 0.433. The summed E-state index contributed by atoms with van der Waals surface area (Å²) in [5.74, 6) is 0.148. The van der Waals surface area contributed by atoms with Crippen LogP contribution in [0.25, 0.3) is 17.0 Å². The van der Waals surface area contributed by atoms with Crippen LogP contribution >= 0.6 is 11.8 Å². The highest BCUT2D eigenvalue weighted by atomic mass is 32.2. The van der Waals surface area contributed by atoms with Gasteiger partial charge in [-0.1, -0.05) is 67.6 Å². The third kappa shape index (κ3) is 3.62. The summed E-state index contributed by atoms with van der Waals surface area (Å²) in [6, 6.07) is 15.7. The average Bonchev–Trinajstić information content (AvgIpc) is 3.18. The molecular formula is C26H27N5O2S. The zero-order valence-electron chi connectivity index (χ0n) is 19.8. The Balaban J connectivity index is 1.65. The van der Waals surface area contributed by atoms with Gasteiger partial charge in [0.05, 0.1) is 11.3 Å². The number of nitrogens with one attached hydrogen (secondary N) is 1. The van der Waals surface area contributed by atoms with Gasteiger partial charge in [0.15, 0.2) is 5.16 Å². The van der Waals surface area contributed by atoms with Crippen LogP contribution in [-0.4, -0.2) is 31.3 Å². The lowest BCUT2D eigenvalue weighted by Gasteiger charge is -2.35. The number of benzene rings is 2. The molecule has 7 nitrogen and oxygen atoms in total. The second-order valence-electron chi connectivity index (χ2n) is 9.08. The minimum Gasteiger partial charge on any atom is -0.324 e. The molecule has 1 N–H and O–H groups in total. The molecule has 0 unspecified atom stereocenters. The number of rotatable bonds is 5. The number of thioether (sulfide) groups is 1. The number of nitrogens with zero attached hydrogens (tertiary/aromatic N) is 4. The van der Waals surface area contributed by atoms with Crippen LogP contribution in [0.4, 0.5) is 5.69 Å². The van der Waals surface area contributed by atoms with Gasteiger partial charge in [-0.2, -0.15) is 0 Å². The molecular weight excluding hydrogens is 446 g/mol. The molecule has 2 aromatic carbocycles. The third-order valence-electron chi connectivity index (χ3n) is 6.74. The Bertz CT molecular complexity index is 1470. The van der Waals surface area contributed by atoms with Crippen LogP contribution in [-0.2, 0) is 23.2 Å². The van der Waals surface area contributed by atoms with Gasteiger partial charge in [-0.05, 0) is 43.7 Å². The van der Waals surface area contributed by atoms with Crippen molar-refractivity contribution < 1.29 is 4.79 Å². The van der Waals surface area contributed by atoms with Crippen molar-refractivity contribution in [1.29, 1.82) is 0 Å².